The van der Waals surface area contributed by atoms with Crippen LogP contribution in [0.4, 0.5) is 5.69 Å². The van der Waals surface area contributed by atoms with Crippen molar-refractivity contribution in [1.82, 2.24) is 5.43 Å². The van der Waals surface area contributed by atoms with Crippen LogP contribution in [0.1, 0.15) is 18.1 Å². The van der Waals surface area contributed by atoms with E-state index in [2.05, 4.69) is 38.4 Å². The number of aryl methyl sites for hydroxylation is 1. The van der Waals surface area contributed by atoms with E-state index in [-0.39, 0.29) is 12.7 Å². The first-order valence-electron chi connectivity index (χ1n) is 7.78. The van der Waals surface area contributed by atoms with E-state index < -0.39 is 6.04 Å². The largest absolute Gasteiger partial charge is 0.454 e. The summed E-state index contributed by atoms with van der Waals surface area (Å²) in [7, 11) is 0. The van der Waals surface area contributed by atoms with E-state index in [1.165, 1.54) is 9.13 Å². The third-order valence-electron chi connectivity index (χ3n) is 3.72. The van der Waals surface area contributed by atoms with Gasteiger partial charge in [-0.2, -0.15) is 5.10 Å². The maximum absolute atomic E-state index is 12.1. The van der Waals surface area contributed by atoms with Gasteiger partial charge in [0.15, 0.2) is 11.5 Å². The van der Waals surface area contributed by atoms with E-state index in [0.717, 1.165) is 11.3 Å². The number of benzene rings is 2. The lowest BCUT2D eigenvalue weighted by Crippen LogP contribution is -2.34. The number of carbonyl (C=O) groups is 1. The second-order valence-corrected chi connectivity index (χ2v) is 6.84. The summed E-state index contributed by atoms with van der Waals surface area (Å²) in [5.41, 5.74) is 5.43. The van der Waals surface area contributed by atoms with Crippen LogP contribution in [0.15, 0.2) is 41.5 Å². The van der Waals surface area contributed by atoms with Crippen molar-refractivity contribution in [1.29, 1.82) is 0 Å². The Bertz CT molecular complexity index is 823. The van der Waals surface area contributed by atoms with E-state index in [0.29, 0.717) is 11.5 Å². The molecule has 25 heavy (non-hydrogen) atoms. The molecule has 7 heteroatoms. The molecule has 1 heterocycles. The summed E-state index contributed by atoms with van der Waals surface area (Å²) in [4.78, 5) is 12.1. The Kier molecular flexibility index (Phi) is 5.42. The molecule has 1 atom stereocenters. The third-order valence-corrected chi connectivity index (χ3v) is 4.93. The number of rotatable bonds is 5. The van der Waals surface area contributed by atoms with E-state index in [1.54, 1.807) is 13.1 Å². The Hall–Kier alpha value is -2.29. The van der Waals surface area contributed by atoms with Crippen LogP contribution in [-0.2, 0) is 4.79 Å². The molecule has 0 radical (unpaired) electrons. The van der Waals surface area contributed by atoms with Gasteiger partial charge in [-0.3, -0.25) is 4.79 Å². The number of nitrogens with one attached hydrogen (secondary N) is 2. The van der Waals surface area contributed by atoms with Crippen LogP contribution in [0.3, 0.4) is 0 Å². The third kappa shape index (κ3) is 4.41. The van der Waals surface area contributed by atoms with Crippen molar-refractivity contribution in [2.75, 3.05) is 12.1 Å². The van der Waals surface area contributed by atoms with Crippen molar-refractivity contribution in [2.45, 2.75) is 19.9 Å². The van der Waals surface area contributed by atoms with Gasteiger partial charge in [-0.05, 0) is 84.0 Å². The van der Waals surface area contributed by atoms with Crippen LogP contribution >= 0.6 is 22.6 Å². The maximum Gasteiger partial charge on any atom is 0.262 e. The minimum atomic E-state index is -0.409. The number of hydrogen-bond donors (Lipinski definition) is 2. The number of hydrazone groups is 1. The molecule has 0 saturated carbocycles. The second kappa shape index (κ2) is 7.73. The van der Waals surface area contributed by atoms with Gasteiger partial charge in [0, 0.05) is 9.26 Å². The van der Waals surface area contributed by atoms with Gasteiger partial charge in [0.2, 0.25) is 6.79 Å². The number of nitrogens with zero attached hydrogens (tertiary/aromatic N) is 1. The van der Waals surface area contributed by atoms with Crippen LogP contribution in [0.25, 0.3) is 0 Å². The summed E-state index contributed by atoms with van der Waals surface area (Å²) in [5, 5.41) is 7.17. The molecule has 6 nitrogen and oxygen atoms in total. The van der Waals surface area contributed by atoms with E-state index in [1.807, 2.05) is 43.3 Å². The lowest BCUT2D eigenvalue weighted by Gasteiger charge is -2.14. The predicted octanol–water partition coefficient (Wildman–Crippen LogP) is 3.28. The van der Waals surface area contributed by atoms with Crippen LogP contribution < -0.4 is 20.2 Å². The highest BCUT2D eigenvalue weighted by atomic mass is 127. The van der Waals surface area contributed by atoms with Crippen molar-refractivity contribution in [3.05, 3.63) is 51.1 Å². The SMILES string of the molecule is Cc1cc(NC(C)C(=O)N/N=C/c2ccc3c(c2)OCO3)ccc1I. The summed E-state index contributed by atoms with van der Waals surface area (Å²) >= 11 is 2.28. The van der Waals surface area contributed by atoms with E-state index >= 15 is 0 Å². The molecule has 2 aromatic rings. The monoisotopic (exact) mass is 451 g/mol. The van der Waals surface area contributed by atoms with Gasteiger partial charge in [0.1, 0.15) is 6.04 Å². The van der Waals surface area contributed by atoms with Crippen LogP contribution in [0.2, 0.25) is 0 Å². The zero-order chi connectivity index (χ0) is 17.8. The van der Waals surface area contributed by atoms with Crippen LogP contribution in [0, 0.1) is 10.5 Å². The minimum absolute atomic E-state index is 0.215. The molecule has 0 aromatic heterocycles. The van der Waals surface area contributed by atoms with Gasteiger partial charge in [-0.1, -0.05) is 0 Å². The maximum atomic E-state index is 12.1. The number of anilines is 1. The molecular weight excluding hydrogens is 433 g/mol. The van der Waals surface area contributed by atoms with Gasteiger partial charge in [-0.25, -0.2) is 5.43 Å². The Morgan fingerprint density at radius 3 is 2.84 bits per heavy atom. The highest BCUT2D eigenvalue weighted by Crippen LogP contribution is 2.31. The Labute approximate surface area is 159 Å². The minimum Gasteiger partial charge on any atom is -0.454 e. The molecule has 3 rings (SSSR count). The van der Waals surface area contributed by atoms with E-state index in [4.69, 9.17) is 9.47 Å². The lowest BCUT2D eigenvalue weighted by atomic mass is 10.2. The van der Waals surface area contributed by atoms with Crippen molar-refractivity contribution in [2.24, 2.45) is 5.10 Å². The van der Waals surface area contributed by atoms with Crippen molar-refractivity contribution < 1.29 is 14.3 Å². The van der Waals surface area contributed by atoms with E-state index in [9.17, 15) is 4.79 Å². The van der Waals surface area contributed by atoms with Crippen LogP contribution in [-0.4, -0.2) is 25.0 Å². The average Bonchev–Trinajstić information content (AvgIpc) is 3.05. The Morgan fingerprint density at radius 2 is 2.04 bits per heavy atom. The smallest absolute Gasteiger partial charge is 0.262 e. The van der Waals surface area contributed by atoms with Crippen molar-refractivity contribution in [3.8, 4) is 11.5 Å². The topological polar surface area (TPSA) is 72.0 Å². The summed E-state index contributed by atoms with van der Waals surface area (Å²) in [6, 6.07) is 11.0. The fraction of sp³-hybridized carbons (Fsp3) is 0.222. The van der Waals surface area contributed by atoms with Gasteiger partial charge in [0.05, 0.1) is 6.21 Å². The molecular formula is C18H18IN3O3. The zero-order valence-electron chi connectivity index (χ0n) is 13.9. The first-order valence-corrected chi connectivity index (χ1v) is 8.86. The zero-order valence-corrected chi connectivity index (χ0v) is 16.0. The summed E-state index contributed by atoms with van der Waals surface area (Å²) in [5.74, 6) is 1.18. The van der Waals surface area contributed by atoms with Gasteiger partial charge >= 0.3 is 0 Å². The predicted molar refractivity (Wildman–Crippen MR) is 105 cm³/mol. The molecule has 1 unspecified atom stereocenters. The standard InChI is InChI=1S/C18H18IN3O3/c1-11-7-14(4-5-15(11)19)21-12(2)18(23)22-20-9-13-3-6-16-17(8-13)25-10-24-16/h3-9,12,21H,10H2,1-2H3,(H,22,23)/b20-9+. The molecule has 130 valence electrons. The molecule has 2 aromatic carbocycles. The molecule has 0 fully saturated rings. The fourth-order valence-corrected chi connectivity index (χ4v) is 2.65. The van der Waals surface area contributed by atoms with Crippen molar-refractivity contribution in [3.63, 3.8) is 0 Å². The second-order valence-electron chi connectivity index (χ2n) is 5.68. The Morgan fingerprint density at radius 1 is 1.24 bits per heavy atom. The average molecular weight is 451 g/mol. The van der Waals surface area contributed by atoms with Gasteiger partial charge in [0.25, 0.3) is 5.91 Å². The van der Waals surface area contributed by atoms with Crippen LogP contribution in [0.5, 0.6) is 11.5 Å². The fourth-order valence-electron chi connectivity index (χ4n) is 2.31. The molecule has 0 aliphatic carbocycles. The van der Waals surface area contributed by atoms with Gasteiger partial charge < -0.3 is 14.8 Å². The normalized spacial score (nSPS) is 13.7. The number of carbonyl (C=O) groups excluding carboxylic acids is 1. The number of ether oxygens (including phenoxy) is 2. The molecule has 1 aliphatic rings. The van der Waals surface area contributed by atoms with Gasteiger partial charge in [-0.15, -0.1) is 0 Å². The first-order chi connectivity index (χ1) is 12.0. The number of amides is 1. The summed E-state index contributed by atoms with van der Waals surface area (Å²) in [6.07, 6.45) is 1.57. The lowest BCUT2D eigenvalue weighted by molar-refractivity contribution is -0.121. The first kappa shape index (κ1) is 17.5. The summed E-state index contributed by atoms with van der Waals surface area (Å²) in [6.45, 7) is 4.06. The molecule has 0 spiro atoms. The number of hydrogen-bond acceptors (Lipinski definition) is 5. The molecule has 1 amide bonds. The Balaban J connectivity index is 1.55. The summed E-state index contributed by atoms with van der Waals surface area (Å²) < 4.78 is 11.8. The molecule has 0 saturated heterocycles. The molecule has 2 N–H and O–H groups in total. The number of fused-ring (bicyclic) bond motifs is 1. The van der Waals surface area contributed by atoms with Crippen molar-refractivity contribution >= 4 is 40.4 Å². The molecule has 0 bridgehead atoms. The highest BCUT2D eigenvalue weighted by molar-refractivity contribution is 14.1. The highest BCUT2D eigenvalue weighted by Gasteiger charge is 2.13. The quantitative estimate of drug-likeness (QED) is 0.416. The number of halogens is 1. The molecule has 1 aliphatic heterocycles.